The molecule has 2 amide bonds. The molecule has 0 aliphatic heterocycles. The highest BCUT2D eigenvalue weighted by molar-refractivity contribution is 7.90. The van der Waals surface area contributed by atoms with Gasteiger partial charge < -0.3 is 16.0 Å². The number of carbonyl (C=O) groups is 2. The van der Waals surface area contributed by atoms with Crippen LogP contribution in [0, 0.1) is 0 Å². The number of anilines is 3. The van der Waals surface area contributed by atoms with Crippen molar-refractivity contribution in [1.82, 2.24) is 20.5 Å². The summed E-state index contributed by atoms with van der Waals surface area (Å²) in [5.41, 5.74) is 0.0587. The number of carbonyl (C=O) groups excluding carboxylic acids is 2. The van der Waals surface area contributed by atoms with Crippen molar-refractivity contribution < 1.29 is 18.0 Å². The molecule has 0 atom stereocenters. The number of rotatable bonds is 5. The maximum absolute atomic E-state index is 12.0. The van der Waals surface area contributed by atoms with Crippen LogP contribution in [-0.2, 0) is 14.6 Å². The zero-order chi connectivity index (χ0) is 18.6. The molecule has 0 saturated heterocycles. The van der Waals surface area contributed by atoms with E-state index in [1.54, 1.807) is 0 Å². The average molecular weight is 364 g/mol. The summed E-state index contributed by atoms with van der Waals surface area (Å²) in [6, 6.07) is 4.22. The topological polar surface area (TPSA) is 143 Å². The van der Waals surface area contributed by atoms with Gasteiger partial charge >= 0.3 is 0 Å². The minimum atomic E-state index is -3.55. The molecule has 0 bridgehead atoms. The third-order valence-corrected chi connectivity index (χ3v) is 4.09. The molecule has 3 N–H and O–H groups in total. The van der Waals surface area contributed by atoms with Crippen LogP contribution < -0.4 is 16.0 Å². The first-order valence-corrected chi connectivity index (χ1v) is 8.91. The Morgan fingerprint density at radius 3 is 2.52 bits per heavy atom. The van der Waals surface area contributed by atoms with Gasteiger partial charge in [-0.2, -0.15) is 0 Å². The number of hydrogen-bond donors (Lipinski definition) is 3. The Kier molecular flexibility index (Phi) is 5.27. The molecular formula is C14H16N6O4S. The van der Waals surface area contributed by atoms with Crippen LogP contribution in [0.5, 0.6) is 0 Å². The first kappa shape index (κ1) is 18.3. The Morgan fingerprint density at radius 1 is 1.20 bits per heavy atom. The van der Waals surface area contributed by atoms with E-state index in [9.17, 15) is 18.0 Å². The molecular weight excluding hydrogens is 348 g/mol. The lowest BCUT2D eigenvalue weighted by molar-refractivity contribution is -0.114. The van der Waals surface area contributed by atoms with E-state index in [1.165, 1.54) is 38.4 Å². The van der Waals surface area contributed by atoms with Crippen molar-refractivity contribution in [2.24, 2.45) is 0 Å². The molecule has 0 aromatic carbocycles. The second-order valence-corrected chi connectivity index (χ2v) is 6.98. The van der Waals surface area contributed by atoms with E-state index in [1.807, 2.05) is 0 Å². The molecule has 0 radical (unpaired) electrons. The highest BCUT2D eigenvalue weighted by Crippen LogP contribution is 2.25. The first-order chi connectivity index (χ1) is 11.7. The highest BCUT2D eigenvalue weighted by atomic mass is 32.2. The Labute approximate surface area is 144 Å². The lowest BCUT2D eigenvalue weighted by Crippen LogP contribution is -2.22. The molecule has 0 fully saturated rings. The molecule has 2 rings (SSSR count). The van der Waals surface area contributed by atoms with Gasteiger partial charge in [0.25, 0.3) is 5.91 Å². The van der Waals surface area contributed by atoms with Gasteiger partial charge in [-0.25, -0.2) is 13.4 Å². The summed E-state index contributed by atoms with van der Waals surface area (Å²) in [4.78, 5) is 27.1. The Hall–Kier alpha value is -3.08. The van der Waals surface area contributed by atoms with Gasteiger partial charge in [-0.3, -0.25) is 9.59 Å². The standard InChI is InChI=1S/C14H16N6O4S/c1-8(21)17-11-7-9(12(20-19-11)14(22)15-2)18-13-10(25(3,23)24)5-4-6-16-13/h4-7H,1-3H3,(H,15,22)(H2,16,17,18,19,21). The maximum Gasteiger partial charge on any atom is 0.273 e. The fraction of sp³-hybridized carbons (Fsp3) is 0.214. The molecule has 0 spiro atoms. The number of hydrogen-bond acceptors (Lipinski definition) is 8. The van der Waals surface area contributed by atoms with E-state index < -0.39 is 15.7 Å². The van der Waals surface area contributed by atoms with E-state index in [-0.39, 0.29) is 33.8 Å². The monoisotopic (exact) mass is 364 g/mol. The number of amides is 2. The Morgan fingerprint density at radius 2 is 1.92 bits per heavy atom. The summed E-state index contributed by atoms with van der Waals surface area (Å²) in [6.07, 6.45) is 2.45. The molecule has 2 aromatic heterocycles. The summed E-state index contributed by atoms with van der Waals surface area (Å²) >= 11 is 0. The molecule has 0 unspecified atom stereocenters. The molecule has 11 heteroatoms. The van der Waals surface area contributed by atoms with E-state index in [2.05, 4.69) is 31.1 Å². The third kappa shape index (κ3) is 4.47. The van der Waals surface area contributed by atoms with E-state index in [0.717, 1.165) is 6.26 Å². The summed E-state index contributed by atoms with van der Waals surface area (Å²) in [5, 5.41) is 15.1. The molecule has 0 aliphatic rings. The van der Waals surface area contributed by atoms with Gasteiger partial charge in [0.05, 0.1) is 5.69 Å². The molecule has 2 aromatic rings. The van der Waals surface area contributed by atoms with Crippen LogP contribution >= 0.6 is 0 Å². The maximum atomic E-state index is 12.0. The molecule has 10 nitrogen and oxygen atoms in total. The predicted molar refractivity (Wildman–Crippen MR) is 90.4 cm³/mol. The smallest absolute Gasteiger partial charge is 0.273 e. The fourth-order valence-electron chi connectivity index (χ4n) is 1.93. The van der Waals surface area contributed by atoms with Crippen LogP contribution in [0.25, 0.3) is 0 Å². The predicted octanol–water partition coefficient (Wildman–Crippen LogP) is 0.337. The number of aromatic nitrogens is 3. The normalized spacial score (nSPS) is 10.8. The zero-order valence-electron chi connectivity index (χ0n) is 13.7. The van der Waals surface area contributed by atoms with Crippen molar-refractivity contribution in [3.63, 3.8) is 0 Å². The lowest BCUT2D eigenvalue weighted by Gasteiger charge is -2.13. The summed E-state index contributed by atoms with van der Waals surface area (Å²) < 4.78 is 23.8. The molecule has 0 saturated carbocycles. The van der Waals surface area contributed by atoms with Gasteiger partial charge in [0, 0.05) is 32.5 Å². The van der Waals surface area contributed by atoms with Crippen LogP contribution in [0.4, 0.5) is 17.3 Å². The van der Waals surface area contributed by atoms with Gasteiger partial charge in [0.15, 0.2) is 21.3 Å². The van der Waals surface area contributed by atoms with E-state index in [0.29, 0.717) is 0 Å². The van der Waals surface area contributed by atoms with Crippen LogP contribution in [-0.4, -0.2) is 48.7 Å². The quantitative estimate of drug-likeness (QED) is 0.689. The minimum absolute atomic E-state index is 0.0249. The highest BCUT2D eigenvalue weighted by Gasteiger charge is 2.19. The Balaban J connectivity index is 2.54. The van der Waals surface area contributed by atoms with Crippen molar-refractivity contribution >= 4 is 39.0 Å². The second-order valence-electron chi connectivity index (χ2n) is 5.00. The van der Waals surface area contributed by atoms with Gasteiger partial charge in [-0.05, 0) is 12.1 Å². The van der Waals surface area contributed by atoms with Gasteiger partial charge in [0.2, 0.25) is 5.91 Å². The first-order valence-electron chi connectivity index (χ1n) is 7.02. The SMILES string of the molecule is CNC(=O)c1nnc(NC(C)=O)cc1Nc1ncccc1S(C)(=O)=O. The van der Waals surface area contributed by atoms with Crippen molar-refractivity contribution in [3.05, 3.63) is 30.1 Å². The van der Waals surface area contributed by atoms with Crippen LogP contribution in [0.3, 0.4) is 0 Å². The molecule has 132 valence electrons. The number of pyridine rings is 1. The van der Waals surface area contributed by atoms with Gasteiger partial charge in [-0.15, -0.1) is 10.2 Å². The lowest BCUT2D eigenvalue weighted by atomic mass is 10.3. The number of nitrogens with zero attached hydrogens (tertiary/aromatic N) is 3. The largest absolute Gasteiger partial charge is 0.354 e. The van der Waals surface area contributed by atoms with Crippen molar-refractivity contribution in [2.75, 3.05) is 23.9 Å². The average Bonchev–Trinajstić information content (AvgIpc) is 2.53. The van der Waals surface area contributed by atoms with Crippen molar-refractivity contribution in [2.45, 2.75) is 11.8 Å². The van der Waals surface area contributed by atoms with Gasteiger partial charge in [-0.1, -0.05) is 0 Å². The van der Waals surface area contributed by atoms with Gasteiger partial charge in [0.1, 0.15) is 10.7 Å². The fourth-order valence-corrected chi connectivity index (χ4v) is 2.71. The van der Waals surface area contributed by atoms with Crippen molar-refractivity contribution in [3.8, 4) is 0 Å². The summed E-state index contributed by atoms with van der Waals surface area (Å²) in [5.74, 6) is -0.791. The Bertz CT molecular complexity index is 929. The summed E-state index contributed by atoms with van der Waals surface area (Å²) in [6.45, 7) is 1.29. The van der Waals surface area contributed by atoms with Crippen LogP contribution in [0.1, 0.15) is 17.4 Å². The molecule has 25 heavy (non-hydrogen) atoms. The minimum Gasteiger partial charge on any atom is -0.354 e. The van der Waals surface area contributed by atoms with E-state index in [4.69, 9.17) is 0 Å². The van der Waals surface area contributed by atoms with Crippen molar-refractivity contribution in [1.29, 1.82) is 0 Å². The molecule has 2 heterocycles. The zero-order valence-corrected chi connectivity index (χ0v) is 14.5. The van der Waals surface area contributed by atoms with E-state index >= 15 is 0 Å². The summed E-state index contributed by atoms with van der Waals surface area (Å²) in [7, 11) is -2.14. The number of nitrogens with one attached hydrogen (secondary N) is 3. The van der Waals surface area contributed by atoms with Crippen LogP contribution in [0.15, 0.2) is 29.3 Å². The third-order valence-electron chi connectivity index (χ3n) is 2.96. The molecule has 0 aliphatic carbocycles. The second kappa shape index (κ2) is 7.21. The van der Waals surface area contributed by atoms with Crippen LogP contribution in [0.2, 0.25) is 0 Å². The number of sulfone groups is 1.